The Morgan fingerprint density at radius 2 is 1.55 bits per heavy atom. The van der Waals surface area contributed by atoms with Gasteiger partial charge in [0.1, 0.15) is 11.4 Å². The average molecular weight is 439 g/mol. The van der Waals surface area contributed by atoms with E-state index in [9.17, 15) is 9.59 Å². The van der Waals surface area contributed by atoms with Gasteiger partial charge in [-0.15, -0.1) is 0 Å². The third-order valence-electron chi connectivity index (χ3n) is 6.43. The molecule has 0 aliphatic carbocycles. The second-order valence-electron chi connectivity index (χ2n) is 8.57. The number of fused-ring (bicyclic) bond motifs is 1. The molecule has 0 radical (unpaired) electrons. The van der Waals surface area contributed by atoms with Crippen LogP contribution in [0, 0.1) is 6.92 Å². The molecule has 3 aromatic rings. The number of ether oxygens (including phenoxy) is 1. The van der Waals surface area contributed by atoms with Crippen molar-refractivity contribution in [3.63, 3.8) is 0 Å². The quantitative estimate of drug-likeness (QED) is 0.556. The van der Waals surface area contributed by atoms with Crippen LogP contribution in [0.4, 0.5) is 0 Å². The number of hydrogen-bond donors (Lipinski definition) is 0. The molecule has 0 fully saturated rings. The van der Waals surface area contributed by atoms with E-state index in [4.69, 9.17) is 4.74 Å². The highest BCUT2D eigenvalue weighted by Gasteiger charge is 2.42. The zero-order valence-electron chi connectivity index (χ0n) is 18.9. The van der Waals surface area contributed by atoms with Crippen molar-refractivity contribution >= 4 is 17.4 Å². The number of carbonyl (C=O) groups is 2. The Balaban J connectivity index is 1.52. The smallest absolute Gasteiger partial charge is 0.278 e. The van der Waals surface area contributed by atoms with Crippen molar-refractivity contribution in [2.75, 3.05) is 13.7 Å². The molecule has 0 bridgehead atoms. The predicted octanol–water partition coefficient (Wildman–Crippen LogP) is 4.34. The summed E-state index contributed by atoms with van der Waals surface area (Å²) in [5.74, 6) is 0.267. The van der Waals surface area contributed by atoms with Gasteiger partial charge in [-0.1, -0.05) is 66.2 Å². The van der Waals surface area contributed by atoms with Crippen molar-refractivity contribution in [3.8, 4) is 5.75 Å². The zero-order valence-corrected chi connectivity index (χ0v) is 18.9. The maximum Gasteiger partial charge on any atom is 0.278 e. The number of hydrogen-bond acceptors (Lipinski definition) is 4. The first-order valence-corrected chi connectivity index (χ1v) is 11.2. The summed E-state index contributed by atoms with van der Waals surface area (Å²) in [6.07, 6.45) is 0.848. The standard InChI is InChI=1S/C28H26N2O3/c1-19-7-11-22(12-8-19)25-26(29-16-15-21-5-3-4-6-23(21)18-29)28(32)30(27(25)31)17-20-9-13-24(33-2)14-10-20/h3-14H,15-18H2,1-2H3. The minimum atomic E-state index is -0.242. The SMILES string of the molecule is COc1ccc(CN2C(=O)C(c3ccc(C)cc3)=C(N3CCc4ccccc4C3)C2=O)cc1. The van der Waals surface area contributed by atoms with E-state index in [1.807, 2.05) is 67.6 Å². The van der Waals surface area contributed by atoms with Crippen LogP contribution < -0.4 is 4.74 Å². The summed E-state index contributed by atoms with van der Waals surface area (Å²) in [6.45, 7) is 3.57. The van der Waals surface area contributed by atoms with Crippen molar-refractivity contribution in [2.24, 2.45) is 0 Å². The van der Waals surface area contributed by atoms with Crippen LogP contribution in [-0.2, 0) is 29.1 Å². The molecule has 5 nitrogen and oxygen atoms in total. The lowest BCUT2D eigenvalue weighted by molar-refractivity contribution is -0.138. The number of imide groups is 1. The fourth-order valence-corrected chi connectivity index (χ4v) is 4.58. The van der Waals surface area contributed by atoms with Gasteiger partial charge in [-0.2, -0.15) is 0 Å². The average Bonchev–Trinajstić information content (AvgIpc) is 3.09. The fourth-order valence-electron chi connectivity index (χ4n) is 4.58. The van der Waals surface area contributed by atoms with Crippen molar-refractivity contribution < 1.29 is 14.3 Å². The lowest BCUT2D eigenvalue weighted by Gasteiger charge is -2.31. The van der Waals surface area contributed by atoms with E-state index in [-0.39, 0.29) is 18.4 Å². The molecule has 3 aromatic carbocycles. The van der Waals surface area contributed by atoms with Crippen LogP contribution in [0.2, 0.25) is 0 Å². The van der Waals surface area contributed by atoms with Gasteiger partial charge in [0.25, 0.3) is 11.8 Å². The van der Waals surface area contributed by atoms with Crippen LogP contribution in [0.5, 0.6) is 5.75 Å². The van der Waals surface area contributed by atoms with Crippen LogP contribution in [0.3, 0.4) is 0 Å². The number of methoxy groups -OCH3 is 1. The second-order valence-corrected chi connectivity index (χ2v) is 8.57. The molecule has 5 heteroatoms. The highest BCUT2D eigenvalue weighted by Crippen LogP contribution is 2.35. The van der Waals surface area contributed by atoms with Gasteiger partial charge in [-0.25, -0.2) is 0 Å². The molecule has 0 unspecified atom stereocenters. The Morgan fingerprint density at radius 3 is 2.24 bits per heavy atom. The Labute approximate surface area is 193 Å². The molecule has 5 rings (SSSR count). The minimum absolute atomic E-state index is 0.227. The van der Waals surface area contributed by atoms with Gasteiger partial charge in [0.2, 0.25) is 0 Å². The largest absolute Gasteiger partial charge is 0.497 e. The van der Waals surface area contributed by atoms with Crippen molar-refractivity contribution in [3.05, 3.63) is 106 Å². The molecule has 0 aromatic heterocycles. The van der Waals surface area contributed by atoms with Gasteiger partial charge < -0.3 is 9.64 Å². The van der Waals surface area contributed by atoms with Crippen LogP contribution in [-0.4, -0.2) is 35.3 Å². The van der Waals surface area contributed by atoms with Crippen LogP contribution >= 0.6 is 0 Å². The molecule has 166 valence electrons. The fraction of sp³-hybridized carbons (Fsp3) is 0.214. The molecule has 0 spiro atoms. The van der Waals surface area contributed by atoms with Crippen LogP contribution in [0.1, 0.15) is 27.8 Å². The summed E-state index contributed by atoms with van der Waals surface area (Å²) in [5.41, 5.74) is 6.28. The monoisotopic (exact) mass is 438 g/mol. The van der Waals surface area contributed by atoms with Crippen LogP contribution in [0.25, 0.3) is 5.57 Å². The number of aryl methyl sites for hydroxylation is 1. The van der Waals surface area contributed by atoms with Gasteiger partial charge >= 0.3 is 0 Å². The van der Waals surface area contributed by atoms with Crippen molar-refractivity contribution in [1.29, 1.82) is 0 Å². The topological polar surface area (TPSA) is 49.9 Å². The van der Waals surface area contributed by atoms with Gasteiger partial charge in [-0.05, 0) is 47.7 Å². The first-order chi connectivity index (χ1) is 16.0. The molecule has 2 aliphatic heterocycles. The summed E-state index contributed by atoms with van der Waals surface area (Å²) in [5, 5.41) is 0. The Bertz CT molecular complexity index is 1240. The molecule has 0 atom stereocenters. The normalized spacial score (nSPS) is 15.8. The minimum Gasteiger partial charge on any atom is -0.497 e. The number of carbonyl (C=O) groups excluding carboxylic acids is 2. The van der Waals surface area contributed by atoms with Crippen LogP contribution in [0.15, 0.2) is 78.5 Å². The Kier molecular flexibility index (Phi) is 5.47. The summed E-state index contributed by atoms with van der Waals surface area (Å²) in [4.78, 5) is 30.8. The van der Waals surface area contributed by atoms with Crippen molar-refractivity contribution in [1.82, 2.24) is 9.80 Å². The van der Waals surface area contributed by atoms with E-state index in [1.165, 1.54) is 16.0 Å². The third-order valence-corrected chi connectivity index (χ3v) is 6.43. The second kappa shape index (κ2) is 8.58. The third kappa shape index (κ3) is 3.91. The number of rotatable bonds is 5. The molecule has 33 heavy (non-hydrogen) atoms. The summed E-state index contributed by atoms with van der Waals surface area (Å²) < 4.78 is 5.23. The van der Waals surface area contributed by atoms with Crippen molar-refractivity contribution in [2.45, 2.75) is 26.4 Å². The molecule has 2 amide bonds. The molecule has 0 saturated carbocycles. The highest BCUT2D eigenvalue weighted by atomic mass is 16.5. The maximum absolute atomic E-state index is 13.7. The summed E-state index contributed by atoms with van der Waals surface area (Å²) in [6, 6.07) is 23.6. The van der Waals surface area contributed by atoms with E-state index in [2.05, 4.69) is 17.0 Å². The Hall–Kier alpha value is -3.86. The predicted molar refractivity (Wildman–Crippen MR) is 127 cm³/mol. The van der Waals surface area contributed by atoms with Gasteiger partial charge in [0.05, 0.1) is 19.2 Å². The van der Waals surface area contributed by atoms with Gasteiger partial charge in [0, 0.05) is 13.1 Å². The first-order valence-electron chi connectivity index (χ1n) is 11.2. The molecular formula is C28H26N2O3. The first kappa shape index (κ1) is 21.0. The zero-order chi connectivity index (χ0) is 22.9. The highest BCUT2D eigenvalue weighted by molar-refractivity contribution is 6.35. The number of nitrogens with zero attached hydrogens (tertiary/aromatic N) is 2. The lowest BCUT2D eigenvalue weighted by atomic mass is 9.97. The van der Waals surface area contributed by atoms with E-state index >= 15 is 0 Å². The number of benzene rings is 3. The lowest BCUT2D eigenvalue weighted by Crippen LogP contribution is -2.37. The Morgan fingerprint density at radius 1 is 0.848 bits per heavy atom. The van der Waals surface area contributed by atoms with E-state index in [0.29, 0.717) is 24.4 Å². The molecule has 0 saturated heterocycles. The van der Waals surface area contributed by atoms with E-state index in [1.54, 1.807) is 7.11 Å². The van der Waals surface area contributed by atoms with Gasteiger partial charge in [0.15, 0.2) is 0 Å². The molecule has 0 N–H and O–H groups in total. The van der Waals surface area contributed by atoms with E-state index in [0.717, 1.165) is 28.9 Å². The molecule has 2 heterocycles. The maximum atomic E-state index is 13.7. The summed E-state index contributed by atoms with van der Waals surface area (Å²) in [7, 11) is 1.61. The molecular weight excluding hydrogens is 412 g/mol. The number of amides is 2. The van der Waals surface area contributed by atoms with Gasteiger partial charge in [-0.3, -0.25) is 14.5 Å². The molecule has 2 aliphatic rings. The van der Waals surface area contributed by atoms with E-state index < -0.39 is 0 Å². The summed E-state index contributed by atoms with van der Waals surface area (Å²) >= 11 is 0.